The SMILES string of the molecule is C=C(CCCC(=C)OCC)CC1CCC(C2CCC(C(CC)C(C)C)CC2)C1=C. The van der Waals surface area contributed by atoms with Crippen molar-refractivity contribution < 1.29 is 4.74 Å². The van der Waals surface area contributed by atoms with E-state index in [1.54, 1.807) is 5.57 Å². The van der Waals surface area contributed by atoms with Crippen molar-refractivity contribution in [3.8, 4) is 0 Å². The van der Waals surface area contributed by atoms with Crippen LogP contribution in [0.2, 0.25) is 0 Å². The quantitative estimate of drug-likeness (QED) is 0.235. The first-order valence-electron chi connectivity index (χ1n) is 12.5. The topological polar surface area (TPSA) is 9.23 Å². The molecule has 0 spiro atoms. The monoisotopic (exact) mass is 400 g/mol. The predicted octanol–water partition coefficient (Wildman–Crippen LogP) is 8.72. The minimum atomic E-state index is 0.680. The van der Waals surface area contributed by atoms with Gasteiger partial charge in [-0.1, -0.05) is 58.1 Å². The molecule has 29 heavy (non-hydrogen) atoms. The summed E-state index contributed by atoms with van der Waals surface area (Å²) in [6.07, 6.45) is 14.1. The second kappa shape index (κ2) is 12.0. The minimum absolute atomic E-state index is 0.680. The maximum absolute atomic E-state index is 5.46. The summed E-state index contributed by atoms with van der Waals surface area (Å²) in [6, 6.07) is 0. The van der Waals surface area contributed by atoms with E-state index in [0.29, 0.717) is 5.92 Å². The van der Waals surface area contributed by atoms with E-state index in [0.717, 1.165) is 67.6 Å². The third kappa shape index (κ3) is 7.04. The second-order valence-corrected chi connectivity index (χ2v) is 10.2. The number of rotatable bonds is 12. The smallest absolute Gasteiger partial charge is 0.0888 e. The Balaban J connectivity index is 1.74. The summed E-state index contributed by atoms with van der Waals surface area (Å²) in [5.41, 5.74) is 2.96. The number of hydrogen-bond acceptors (Lipinski definition) is 1. The van der Waals surface area contributed by atoms with Gasteiger partial charge in [0.1, 0.15) is 0 Å². The van der Waals surface area contributed by atoms with Crippen LogP contribution in [0.5, 0.6) is 0 Å². The van der Waals surface area contributed by atoms with Crippen LogP contribution in [0.15, 0.2) is 36.6 Å². The lowest BCUT2D eigenvalue weighted by Gasteiger charge is -2.38. The third-order valence-corrected chi connectivity index (χ3v) is 8.01. The van der Waals surface area contributed by atoms with Gasteiger partial charge in [0, 0.05) is 6.42 Å². The van der Waals surface area contributed by atoms with Gasteiger partial charge in [-0.15, -0.1) is 0 Å². The number of allylic oxidation sites excluding steroid dienone is 3. The molecule has 0 aromatic carbocycles. The summed E-state index contributed by atoms with van der Waals surface area (Å²) in [7, 11) is 0. The lowest BCUT2D eigenvalue weighted by Crippen LogP contribution is -2.27. The molecule has 0 heterocycles. The minimum Gasteiger partial charge on any atom is -0.499 e. The first-order valence-corrected chi connectivity index (χ1v) is 12.5. The molecule has 0 aromatic rings. The van der Waals surface area contributed by atoms with Crippen LogP contribution < -0.4 is 0 Å². The van der Waals surface area contributed by atoms with Crippen LogP contribution in [0.1, 0.15) is 98.3 Å². The first kappa shape index (κ1) is 24.3. The molecule has 2 rings (SSSR count). The highest BCUT2D eigenvalue weighted by Gasteiger charge is 2.37. The molecular formula is C28H48O. The maximum atomic E-state index is 5.46. The van der Waals surface area contributed by atoms with E-state index in [4.69, 9.17) is 4.74 Å². The van der Waals surface area contributed by atoms with Crippen molar-refractivity contribution in [2.45, 2.75) is 98.3 Å². The van der Waals surface area contributed by atoms with Gasteiger partial charge in [-0.25, -0.2) is 0 Å². The van der Waals surface area contributed by atoms with E-state index in [-0.39, 0.29) is 0 Å². The molecule has 0 amide bonds. The second-order valence-electron chi connectivity index (χ2n) is 10.2. The van der Waals surface area contributed by atoms with Crippen molar-refractivity contribution in [3.63, 3.8) is 0 Å². The van der Waals surface area contributed by atoms with Crippen LogP contribution in [-0.2, 0) is 4.74 Å². The molecule has 0 bridgehead atoms. The molecule has 0 radical (unpaired) electrons. The van der Waals surface area contributed by atoms with E-state index in [1.807, 2.05) is 6.92 Å². The molecule has 1 heteroatoms. The van der Waals surface area contributed by atoms with E-state index in [9.17, 15) is 0 Å². The van der Waals surface area contributed by atoms with Crippen LogP contribution in [0, 0.1) is 35.5 Å². The van der Waals surface area contributed by atoms with Gasteiger partial charge in [0.05, 0.1) is 12.4 Å². The third-order valence-electron chi connectivity index (χ3n) is 8.01. The van der Waals surface area contributed by atoms with Gasteiger partial charge in [-0.2, -0.15) is 0 Å². The van der Waals surface area contributed by atoms with Crippen LogP contribution in [0.4, 0.5) is 0 Å². The molecule has 0 N–H and O–H groups in total. The largest absolute Gasteiger partial charge is 0.499 e. The fourth-order valence-electron chi connectivity index (χ4n) is 6.41. The predicted molar refractivity (Wildman–Crippen MR) is 128 cm³/mol. The van der Waals surface area contributed by atoms with Crippen molar-refractivity contribution in [3.05, 3.63) is 36.6 Å². The lowest BCUT2D eigenvalue weighted by molar-refractivity contribution is 0.143. The fraction of sp³-hybridized carbons (Fsp3) is 0.786. The average molecular weight is 401 g/mol. The van der Waals surface area contributed by atoms with Crippen LogP contribution in [0.25, 0.3) is 0 Å². The highest BCUT2D eigenvalue weighted by Crippen LogP contribution is 2.49. The summed E-state index contributed by atoms with van der Waals surface area (Å²) in [4.78, 5) is 0. The highest BCUT2D eigenvalue weighted by atomic mass is 16.5. The van der Waals surface area contributed by atoms with Crippen molar-refractivity contribution in [2.24, 2.45) is 35.5 Å². The Hall–Kier alpha value is -0.980. The Morgan fingerprint density at radius 1 is 1.00 bits per heavy atom. The molecule has 166 valence electrons. The summed E-state index contributed by atoms with van der Waals surface area (Å²) in [6.45, 7) is 22.9. The summed E-state index contributed by atoms with van der Waals surface area (Å²) in [5, 5.41) is 0. The highest BCUT2D eigenvalue weighted by molar-refractivity contribution is 5.16. The van der Waals surface area contributed by atoms with E-state index >= 15 is 0 Å². The number of hydrogen-bond donors (Lipinski definition) is 0. The van der Waals surface area contributed by atoms with E-state index in [1.165, 1.54) is 50.5 Å². The maximum Gasteiger partial charge on any atom is 0.0888 e. The molecular weight excluding hydrogens is 352 g/mol. The molecule has 2 aliphatic carbocycles. The van der Waals surface area contributed by atoms with Gasteiger partial charge in [-0.05, 0) is 100 Å². The average Bonchev–Trinajstić information content (AvgIpc) is 3.03. The van der Waals surface area contributed by atoms with Crippen molar-refractivity contribution in [1.29, 1.82) is 0 Å². The molecule has 3 unspecified atom stereocenters. The molecule has 0 saturated heterocycles. The Morgan fingerprint density at radius 2 is 1.69 bits per heavy atom. The Kier molecular flexibility index (Phi) is 10.1. The first-order chi connectivity index (χ1) is 13.9. The summed E-state index contributed by atoms with van der Waals surface area (Å²) in [5.74, 6) is 6.01. The lowest BCUT2D eigenvalue weighted by atomic mass is 9.68. The zero-order valence-corrected chi connectivity index (χ0v) is 20.0. The van der Waals surface area contributed by atoms with Gasteiger partial charge in [0.15, 0.2) is 0 Å². The summed E-state index contributed by atoms with van der Waals surface area (Å²) >= 11 is 0. The molecule has 2 saturated carbocycles. The Labute approximate surface area is 182 Å². The van der Waals surface area contributed by atoms with E-state index < -0.39 is 0 Å². The molecule has 0 aliphatic heterocycles. The molecule has 0 aromatic heterocycles. The molecule has 2 aliphatic rings. The van der Waals surface area contributed by atoms with Gasteiger partial charge in [0.2, 0.25) is 0 Å². The van der Waals surface area contributed by atoms with Gasteiger partial charge < -0.3 is 4.74 Å². The Morgan fingerprint density at radius 3 is 2.28 bits per heavy atom. The van der Waals surface area contributed by atoms with Crippen molar-refractivity contribution in [2.75, 3.05) is 6.61 Å². The normalized spacial score (nSPS) is 28.5. The van der Waals surface area contributed by atoms with Gasteiger partial charge in [0.25, 0.3) is 0 Å². The zero-order valence-electron chi connectivity index (χ0n) is 20.0. The van der Waals surface area contributed by atoms with Crippen molar-refractivity contribution >= 4 is 0 Å². The fourth-order valence-corrected chi connectivity index (χ4v) is 6.41. The Bertz CT molecular complexity index is 535. The summed E-state index contributed by atoms with van der Waals surface area (Å²) < 4.78 is 5.46. The zero-order chi connectivity index (χ0) is 21.4. The number of ether oxygens (including phenoxy) is 1. The van der Waals surface area contributed by atoms with Crippen LogP contribution in [-0.4, -0.2) is 6.61 Å². The van der Waals surface area contributed by atoms with Crippen LogP contribution >= 0.6 is 0 Å². The van der Waals surface area contributed by atoms with Gasteiger partial charge >= 0.3 is 0 Å². The van der Waals surface area contributed by atoms with Crippen molar-refractivity contribution in [1.82, 2.24) is 0 Å². The van der Waals surface area contributed by atoms with Gasteiger partial charge in [-0.3, -0.25) is 0 Å². The van der Waals surface area contributed by atoms with Crippen LogP contribution in [0.3, 0.4) is 0 Å². The van der Waals surface area contributed by atoms with E-state index in [2.05, 4.69) is 40.5 Å². The molecule has 3 atom stereocenters. The molecule has 1 nitrogen and oxygen atoms in total. The molecule has 2 fully saturated rings. The standard InChI is InChI=1S/C28H48O/c1-8-27(20(3)4)24-13-15-25(16-14-24)28-18-17-26(23(28)7)19-21(5)11-10-12-22(6)29-9-2/h20,24-28H,5-19H2,1-4H3.